The molecule has 4 heteroatoms. The molecule has 0 aliphatic carbocycles. The third kappa shape index (κ3) is 3.50. The summed E-state index contributed by atoms with van der Waals surface area (Å²) >= 11 is 3.69. The van der Waals surface area contributed by atoms with Gasteiger partial charge in [0.1, 0.15) is 0 Å². The Hall–Kier alpha value is -0.580. The van der Waals surface area contributed by atoms with Gasteiger partial charge in [0.25, 0.3) is 0 Å². The first kappa shape index (κ1) is 14.8. The van der Waals surface area contributed by atoms with Gasteiger partial charge in [-0.05, 0) is 38.1 Å². The summed E-state index contributed by atoms with van der Waals surface area (Å²) in [5, 5.41) is 3.27. The largest absolute Gasteiger partial charge is 0.375 e. The lowest BCUT2D eigenvalue weighted by molar-refractivity contribution is 0.0384. The molecule has 1 aromatic rings. The Labute approximate surface area is 124 Å². The van der Waals surface area contributed by atoms with Gasteiger partial charge in [-0.1, -0.05) is 28.9 Å². The molecule has 1 N–H and O–H groups in total. The monoisotopic (exact) mass is 326 g/mol. The Bertz CT molecular complexity index is 425. The predicted octanol–water partition coefficient (Wildman–Crippen LogP) is 3.34. The molecule has 19 heavy (non-hydrogen) atoms. The lowest BCUT2D eigenvalue weighted by Gasteiger charge is -2.34. The van der Waals surface area contributed by atoms with Gasteiger partial charge in [-0.25, -0.2) is 0 Å². The maximum Gasteiger partial charge on any atom is 0.0748 e. The zero-order chi connectivity index (χ0) is 13.8. The van der Waals surface area contributed by atoms with Crippen molar-refractivity contribution in [2.24, 2.45) is 0 Å². The highest BCUT2D eigenvalue weighted by Gasteiger charge is 2.20. The standard InChI is InChI=1S/C15H23BrN2O/c1-4-13-10-18(7-8-19-13)12-5-6-14(11(2)17-3)15(16)9-12/h5-6,9,11,13,17H,4,7-8,10H2,1-3H3. The quantitative estimate of drug-likeness (QED) is 0.918. The average Bonchev–Trinajstić information content (AvgIpc) is 2.46. The number of hydrogen-bond donors (Lipinski definition) is 1. The van der Waals surface area contributed by atoms with Crippen LogP contribution in [0.15, 0.2) is 22.7 Å². The van der Waals surface area contributed by atoms with Crippen molar-refractivity contribution in [1.82, 2.24) is 5.32 Å². The first-order valence-electron chi connectivity index (χ1n) is 6.99. The Morgan fingerprint density at radius 2 is 2.32 bits per heavy atom. The number of nitrogens with zero attached hydrogens (tertiary/aromatic N) is 1. The fourth-order valence-corrected chi connectivity index (χ4v) is 3.13. The number of morpholine rings is 1. The highest BCUT2D eigenvalue weighted by atomic mass is 79.9. The van der Waals surface area contributed by atoms with Crippen molar-refractivity contribution >= 4 is 21.6 Å². The van der Waals surface area contributed by atoms with Crippen molar-refractivity contribution in [2.75, 3.05) is 31.6 Å². The summed E-state index contributed by atoms with van der Waals surface area (Å²) < 4.78 is 6.90. The smallest absolute Gasteiger partial charge is 0.0748 e. The van der Waals surface area contributed by atoms with E-state index >= 15 is 0 Å². The number of ether oxygens (including phenoxy) is 1. The normalized spacial score (nSPS) is 21.5. The summed E-state index contributed by atoms with van der Waals surface area (Å²) in [6.07, 6.45) is 1.44. The molecule has 2 unspecified atom stereocenters. The molecule has 0 bridgehead atoms. The van der Waals surface area contributed by atoms with E-state index in [0.717, 1.165) is 26.1 Å². The fourth-order valence-electron chi connectivity index (χ4n) is 2.42. The molecule has 106 valence electrons. The Morgan fingerprint density at radius 3 is 2.95 bits per heavy atom. The van der Waals surface area contributed by atoms with Crippen LogP contribution in [0, 0.1) is 0 Å². The van der Waals surface area contributed by atoms with Crippen molar-refractivity contribution in [1.29, 1.82) is 0 Å². The van der Waals surface area contributed by atoms with Gasteiger partial charge in [-0.3, -0.25) is 0 Å². The first-order chi connectivity index (χ1) is 9.15. The third-order valence-electron chi connectivity index (χ3n) is 3.84. The summed E-state index contributed by atoms with van der Waals surface area (Å²) in [5.74, 6) is 0. The topological polar surface area (TPSA) is 24.5 Å². The van der Waals surface area contributed by atoms with E-state index in [1.807, 2.05) is 7.05 Å². The molecule has 1 heterocycles. The minimum Gasteiger partial charge on any atom is -0.375 e. The molecule has 3 nitrogen and oxygen atoms in total. The van der Waals surface area contributed by atoms with E-state index in [1.54, 1.807) is 0 Å². The van der Waals surface area contributed by atoms with Crippen LogP contribution in [0.3, 0.4) is 0 Å². The van der Waals surface area contributed by atoms with E-state index in [9.17, 15) is 0 Å². The van der Waals surface area contributed by atoms with Gasteiger partial charge in [0.15, 0.2) is 0 Å². The van der Waals surface area contributed by atoms with Gasteiger partial charge in [0, 0.05) is 29.3 Å². The molecule has 1 aliphatic rings. The SMILES string of the molecule is CCC1CN(c2ccc(C(C)NC)c(Br)c2)CCO1. The van der Waals surface area contributed by atoms with Crippen LogP contribution < -0.4 is 10.2 Å². The molecule has 0 radical (unpaired) electrons. The van der Waals surface area contributed by atoms with E-state index in [-0.39, 0.29) is 0 Å². The van der Waals surface area contributed by atoms with Gasteiger partial charge in [0.2, 0.25) is 0 Å². The zero-order valence-electron chi connectivity index (χ0n) is 11.9. The lowest BCUT2D eigenvalue weighted by Crippen LogP contribution is -2.42. The van der Waals surface area contributed by atoms with Crippen molar-refractivity contribution in [3.05, 3.63) is 28.2 Å². The maximum atomic E-state index is 5.73. The molecular weight excluding hydrogens is 304 g/mol. The highest BCUT2D eigenvalue weighted by molar-refractivity contribution is 9.10. The number of halogens is 1. The van der Waals surface area contributed by atoms with Crippen LogP contribution >= 0.6 is 15.9 Å². The minimum absolute atomic E-state index is 0.358. The lowest BCUT2D eigenvalue weighted by atomic mass is 10.1. The number of benzene rings is 1. The molecule has 0 spiro atoms. The van der Waals surface area contributed by atoms with E-state index in [2.05, 4.69) is 58.2 Å². The second kappa shape index (κ2) is 6.73. The number of rotatable bonds is 4. The maximum absolute atomic E-state index is 5.73. The summed E-state index contributed by atoms with van der Waals surface area (Å²) in [4.78, 5) is 2.41. The van der Waals surface area contributed by atoms with Crippen molar-refractivity contribution in [3.63, 3.8) is 0 Å². The molecule has 1 aliphatic heterocycles. The van der Waals surface area contributed by atoms with Gasteiger partial charge in [-0.15, -0.1) is 0 Å². The van der Waals surface area contributed by atoms with Crippen LogP contribution in [0.5, 0.6) is 0 Å². The number of nitrogens with one attached hydrogen (secondary N) is 1. The Kier molecular flexibility index (Phi) is 5.25. The molecule has 2 atom stereocenters. The molecule has 1 aromatic carbocycles. The molecule has 1 saturated heterocycles. The minimum atomic E-state index is 0.358. The average molecular weight is 327 g/mol. The summed E-state index contributed by atoms with van der Waals surface area (Å²) in [6, 6.07) is 7.00. The highest BCUT2D eigenvalue weighted by Crippen LogP contribution is 2.29. The number of anilines is 1. The fraction of sp³-hybridized carbons (Fsp3) is 0.600. The first-order valence-corrected chi connectivity index (χ1v) is 7.78. The zero-order valence-corrected chi connectivity index (χ0v) is 13.5. The molecule has 1 fully saturated rings. The molecule has 0 aromatic heterocycles. The Balaban J connectivity index is 2.15. The molecule has 2 rings (SSSR count). The van der Waals surface area contributed by atoms with Crippen LogP contribution in [-0.2, 0) is 4.74 Å². The van der Waals surface area contributed by atoms with Gasteiger partial charge in [0.05, 0.1) is 12.7 Å². The summed E-state index contributed by atoms with van der Waals surface area (Å²) in [7, 11) is 1.98. The van der Waals surface area contributed by atoms with Crippen LogP contribution in [0.2, 0.25) is 0 Å². The summed E-state index contributed by atoms with van der Waals surface area (Å²) in [6.45, 7) is 7.14. The number of hydrogen-bond acceptors (Lipinski definition) is 3. The van der Waals surface area contributed by atoms with Gasteiger partial charge < -0.3 is 15.0 Å². The third-order valence-corrected chi connectivity index (χ3v) is 4.53. The van der Waals surface area contributed by atoms with E-state index in [1.165, 1.54) is 15.7 Å². The van der Waals surface area contributed by atoms with Crippen molar-refractivity contribution in [2.45, 2.75) is 32.4 Å². The van der Waals surface area contributed by atoms with Crippen molar-refractivity contribution < 1.29 is 4.74 Å². The molecule has 0 amide bonds. The second-order valence-corrected chi connectivity index (χ2v) is 5.92. The Morgan fingerprint density at radius 1 is 1.53 bits per heavy atom. The van der Waals surface area contributed by atoms with Crippen LogP contribution in [0.1, 0.15) is 31.9 Å². The van der Waals surface area contributed by atoms with Gasteiger partial charge in [-0.2, -0.15) is 0 Å². The second-order valence-electron chi connectivity index (χ2n) is 5.06. The van der Waals surface area contributed by atoms with Crippen molar-refractivity contribution in [3.8, 4) is 0 Å². The van der Waals surface area contributed by atoms with Gasteiger partial charge >= 0.3 is 0 Å². The van der Waals surface area contributed by atoms with Crippen LogP contribution in [0.25, 0.3) is 0 Å². The van der Waals surface area contributed by atoms with Crippen LogP contribution in [-0.4, -0.2) is 32.8 Å². The van der Waals surface area contributed by atoms with E-state index in [0.29, 0.717) is 12.1 Å². The van der Waals surface area contributed by atoms with E-state index < -0.39 is 0 Å². The summed E-state index contributed by atoms with van der Waals surface area (Å²) in [5.41, 5.74) is 2.58. The molecule has 0 saturated carbocycles. The van der Waals surface area contributed by atoms with Crippen LogP contribution in [0.4, 0.5) is 5.69 Å². The molecular formula is C15H23BrN2O. The van der Waals surface area contributed by atoms with E-state index in [4.69, 9.17) is 4.74 Å². The predicted molar refractivity (Wildman–Crippen MR) is 83.9 cm³/mol.